The molecule has 27 heavy (non-hydrogen) atoms. The van der Waals surface area contributed by atoms with Crippen molar-refractivity contribution in [1.82, 2.24) is 14.8 Å². The summed E-state index contributed by atoms with van der Waals surface area (Å²) in [5.74, 6) is -0.340. The van der Waals surface area contributed by atoms with Gasteiger partial charge in [-0.15, -0.1) is 11.3 Å². The molecule has 3 rings (SSSR count). The van der Waals surface area contributed by atoms with Gasteiger partial charge in [0.2, 0.25) is 0 Å². The van der Waals surface area contributed by atoms with E-state index in [1.165, 1.54) is 35.6 Å². The summed E-state index contributed by atoms with van der Waals surface area (Å²) in [7, 11) is 0. The van der Waals surface area contributed by atoms with Gasteiger partial charge in [-0.1, -0.05) is 0 Å². The van der Waals surface area contributed by atoms with Crippen LogP contribution in [-0.2, 0) is 6.42 Å². The Morgan fingerprint density at radius 2 is 1.70 bits per heavy atom. The van der Waals surface area contributed by atoms with Gasteiger partial charge in [0.1, 0.15) is 5.69 Å². The smallest absolute Gasteiger partial charge is 0.273 e. The number of carbonyl (C=O) groups excluding carboxylic acids is 2. The maximum atomic E-state index is 12.5. The van der Waals surface area contributed by atoms with Gasteiger partial charge >= 0.3 is 0 Å². The minimum Gasteiger partial charge on any atom is -0.335 e. The van der Waals surface area contributed by atoms with Crippen LogP contribution in [0.3, 0.4) is 0 Å². The maximum Gasteiger partial charge on any atom is 0.273 e. The van der Waals surface area contributed by atoms with Crippen molar-refractivity contribution >= 4 is 28.8 Å². The van der Waals surface area contributed by atoms with E-state index in [-0.39, 0.29) is 17.5 Å². The minimum absolute atomic E-state index is 0.0563. The summed E-state index contributed by atoms with van der Waals surface area (Å²) in [5.41, 5.74) is 6.26. The molecule has 142 valence electrons. The van der Waals surface area contributed by atoms with Crippen molar-refractivity contribution in [2.75, 3.05) is 32.7 Å². The highest BCUT2D eigenvalue weighted by molar-refractivity contribution is 7.09. The predicted octanol–water partition coefficient (Wildman–Crippen LogP) is 1.15. The lowest BCUT2D eigenvalue weighted by molar-refractivity contribution is -0.384. The molecule has 10 heteroatoms. The highest BCUT2D eigenvalue weighted by Gasteiger charge is 2.26. The first kappa shape index (κ1) is 18.9. The van der Waals surface area contributed by atoms with Crippen molar-refractivity contribution in [3.63, 3.8) is 0 Å². The van der Waals surface area contributed by atoms with E-state index in [2.05, 4.69) is 4.98 Å². The van der Waals surface area contributed by atoms with Crippen LogP contribution >= 0.6 is 11.3 Å². The summed E-state index contributed by atoms with van der Waals surface area (Å²) in [4.78, 5) is 42.9. The van der Waals surface area contributed by atoms with Crippen LogP contribution in [0.2, 0.25) is 0 Å². The van der Waals surface area contributed by atoms with Gasteiger partial charge in [0, 0.05) is 55.7 Å². The molecule has 0 spiro atoms. The highest BCUT2D eigenvalue weighted by atomic mass is 32.1. The largest absolute Gasteiger partial charge is 0.335 e. The van der Waals surface area contributed by atoms with E-state index in [0.717, 1.165) is 5.01 Å². The molecular formula is C17H19N5O4S. The summed E-state index contributed by atoms with van der Waals surface area (Å²) in [5, 5.41) is 13.3. The zero-order valence-electron chi connectivity index (χ0n) is 14.5. The molecule has 2 heterocycles. The molecule has 1 fully saturated rings. The first-order valence-corrected chi connectivity index (χ1v) is 9.35. The van der Waals surface area contributed by atoms with Crippen LogP contribution in [0.5, 0.6) is 0 Å². The van der Waals surface area contributed by atoms with Crippen molar-refractivity contribution in [2.24, 2.45) is 5.73 Å². The number of benzene rings is 1. The standard InChI is InChI=1S/C17H19N5O4S/c18-6-5-15-19-14(11-27-15)17(24)21-9-7-20(8-10-21)16(23)12-1-3-13(4-2-12)22(25)26/h1-4,11H,5-10,18H2. The molecule has 0 bridgehead atoms. The molecule has 1 aliphatic rings. The fourth-order valence-electron chi connectivity index (χ4n) is 2.83. The molecule has 1 aromatic heterocycles. The predicted molar refractivity (Wildman–Crippen MR) is 99.8 cm³/mol. The van der Waals surface area contributed by atoms with Gasteiger partial charge in [-0.25, -0.2) is 4.98 Å². The van der Waals surface area contributed by atoms with E-state index in [0.29, 0.717) is 50.4 Å². The molecule has 0 saturated carbocycles. The van der Waals surface area contributed by atoms with E-state index in [1.807, 2.05) is 0 Å². The number of non-ortho nitro benzene ring substituents is 1. The maximum absolute atomic E-state index is 12.5. The number of hydrogen-bond donors (Lipinski definition) is 1. The van der Waals surface area contributed by atoms with Crippen LogP contribution in [0, 0.1) is 10.1 Å². The van der Waals surface area contributed by atoms with Crippen LogP contribution in [0.15, 0.2) is 29.6 Å². The third-order valence-corrected chi connectivity index (χ3v) is 5.22. The topological polar surface area (TPSA) is 123 Å². The Bertz CT molecular complexity index is 843. The van der Waals surface area contributed by atoms with Crippen LogP contribution in [0.25, 0.3) is 0 Å². The van der Waals surface area contributed by atoms with E-state index >= 15 is 0 Å². The van der Waals surface area contributed by atoms with Crippen molar-refractivity contribution in [2.45, 2.75) is 6.42 Å². The number of carbonyl (C=O) groups is 2. The van der Waals surface area contributed by atoms with Crippen LogP contribution in [0.1, 0.15) is 25.9 Å². The van der Waals surface area contributed by atoms with Crippen molar-refractivity contribution in [1.29, 1.82) is 0 Å². The monoisotopic (exact) mass is 389 g/mol. The zero-order chi connectivity index (χ0) is 19.4. The molecule has 0 radical (unpaired) electrons. The summed E-state index contributed by atoms with van der Waals surface area (Å²) < 4.78 is 0. The molecule has 2 aromatic rings. The number of nitro benzene ring substituents is 1. The Balaban J connectivity index is 1.58. The molecule has 9 nitrogen and oxygen atoms in total. The average molecular weight is 389 g/mol. The van der Waals surface area contributed by atoms with E-state index in [9.17, 15) is 19.7 Å². The minimum atomic E-state index is -0.504. The molecule has 1 aliphatic heterocycles. The Kier molecular flexibility index (Phi) is 5.77. The van der Waals surface area contributed by atoms with Crippen molar-refractivity contribution < 1.29 is 14.5 Å². The Hall–Kier alpha value is -2.85. The second kappa shape index (κ2) is 8.23. The summed E-state index contributed by atoms with van der Waals surface area (Å²) in [6.07, 6.45) is 0.648. The number of amides is 2. The van der Waals surface area contributed by atoms with Crippen LogP contribution < -0.4 is 5.73 Å². The van der Waals surface area contributed by atoms with Gasteiger partial charge in [-0.2, -0.15) is 0 Å². The summed E-state index contributed by atoms with van der Waals surface area (Å²) in [6.45, 7) is 2.13. The molecule has 1 saturated heterocycles. The lowest BCUT2D eigenvalue weighted by atomic mass is 10.1. The van der Waals surface area contributed by atoms with Crippen molar-refractivity contribution in [3.8, 4) is 0 Å². The quantitative estimate of drug-likeness (QED) is 0.604. The Morgan fingerprint density at radius 3 is 2.26 bits per heavy atom. The second-order valence-electron chi connectivity index (χ2n) is 6.05. The third kappa shape index (κ3) is 4.29. The molecule has 2 N–H and O–H groups in total. The number of hydrogen-bond acceptors (Lipinski definition) is 7. The van der Waals surface area contributed by atoms with Gasteiger partial charge < -0.3 is 15.5 Å². The Labute approximate surface area is 159 Å². The van der Waals surface area contributed by atoms with Crippen molar-refractivity contribution in [3.05, 3.63) is 56.0 Å². The number of aromatic nitrogens is 1. The molecule has 1 aromatic carbocycles. The Morgan fingerprint density at radius 1 is 1.11 bits per heavy atom. The van der Waals surface area contributed by atoms with Gasteiger partial charge in [0.25, 0.3) is 17.5 Å². The fourth-order valence-corrected chi connectivity index (χ4v) is 3.62. The van der Waals surface area contributed by atoms with E-state index in [1.54, 1.807) is 15.2 Å². The van der Waals surface area contributed by atoms with Gasteiger partial charge in [-0.3, -0.25) is 19.7 Å². The first-order chi connectivity index (χ1) is 13.0. The second-order valence-corrected chi connectivity index (χ2v) is 7.00. The van der Waals surface area contributed by atoms with Gasteiger partial charge in [0.05, 0.1) is 9.93 Å². The fraction of sp³-hybridized carbons (Fsp3) is 0.353. The number of nitro groups is 1. The zero-order valence-corrected chi connectivity index (χ0v) is 15.4. The summed E-state index contributed by atoms with van der Waals surface area (Å²) in [6, 6.07) is 5.53. The average Bonchev–Trinajstić information content (AvgIpc) is 3.16. The third-order valence-electron chi connectivity index (χ3n) is 4.31. The number of piperazine rings is 1. The molecule has 0 atom stereocenters. The number of thiazole rings is 1. The normalized spacial score (nSPS) is 14.3. The number of nitrogens with two attached hydrogens (primary N) is 1. The van der Waals surface area contributed by atoms with E-state index in [4.69, 9.17) is 5.73 Å². The molecule has 0 unspecified atom stereocenters. The lowest BCUT2D eigenvalue weighted by Gasteiger charge is -2.34. The SMILES string of the molecule is NCCc1nc(C(=O)N2CCN(C(=O)c3ccc([N+](=O)[O-])cc3)CC2)cs1. The molecule has 2 amide bonds. The van der Waals surface area contributed by atoms with Crippen LogP contribution in [-0.4, -0.2) is 64.2 Å². The number of rotatable bonds is 5. The number of nitrogens with zero attached hydrogens (tertiary/aromatic N) is 4. The molecular weight excluding hydrogens is 370 g/mol. The summed E-state index contributed by atoms with van der Waals surface area (Å²) >= 11 is 1.42. The first-order valence-electron chi connectivity index (χ1n) is 8.47. The van der Waals surface area contributed by atoms with E-state index < -0.39 is 4.92 Å². The van der Waals surface area contributed by atoms with Gasteiger partial charge in [0.15, 0.2) is 0 Å². The lowest BCUT2D eigenvalue weighted by Crippen LogP contribution is -2.50. The highest BCUT2D eigenvalue weighted by Crippen LogP contribution is 2.16. The van der Waals surface area contributed by atoms with Gasteiger partial charge in [-0.05, 0) is 18.7 Å². The molecule has 0 aliphatic carbocycles. The van der Waals surface area contributed by atoms with Crippen LogP contribution in [0.4, 0.5) is 5.69 Å².